The van der Waals surface area contributed by atoms with Gasteiger partial charge in [0, 0.05) is 22.6 Å². The number of nitrogens with zero attached hydrogens (tertiary/aromatic N) is 2. The van der Waals surface area contributed by atoms with Gasteiger partial charge in [0.15, 0.2) is 0 Å². The monoisotopic (exact) mass is 643 g/mol. The number of carbonyl (C=O) groups is 2. The van der Waals surface area contributed by atoms with Crippen molar-refractivity contribution in [3.05, 3.63) is 94.2 Å². The maximum atomic E-state index is 14.7. The Morgan fingerprint density at radius 2 is 1.61 bits per heavy atom. The fourth-order valence-electron chi connectivity index (χ4n) is 4.94. The first-order valence-corrected chi connectivity index (χ1v) is 16.0. The molecule has 41 heavy (non-hydrogen) atoms. The van der Waals surface area contributed by atoms with Gasteiger partial charge in [0.2, 0.25) is 11.8 Å². The average molecular weight is 645 g/mol. The SMILES string of the molecule is Cc1ccc(S(=O)(=O)N(CC(=O)N(Cc2ccccc2F)C(C)C(=O)NC2CCCCC2)c2ccc(Br)cc2)cc1. The molecule has 7 nitrogen and oxygen atoms in total. The number of amides is 2. The molecule has 0 aromatic heterocycles. The number of rotatable bonds is 10. The summed E-state index contributed by atoms with van der Waals surface area (Å²) in [5.41, 5.74) is 1.41. The number of anilines is 1. The largest absolute Gasteiger partial charge is 0.352 e. The van der Waals surface area contributed by atoms with Crippen LogP contribution in [-0.4, -0.2) is 43.8 Å². The average Bonchev–Trinajstić information content (AvgIpc) is 2.96. The van der Waals surface area contributed by atoms with E-state index < -0.39 is 34.3 Å². The molecule has 4 rings (SSSR count). The molecule has 1 saturated carbocycles. The molecule has 0 saturated heterocycles. The van der Waals surface area contributed by atoms with Crippen molar-refractivity contribution in [1.29, 1.82) is 0 Å². The van der Waals surface area contributed by atoms with E-state index in [1.54, 1.807) is 61.5 Å². The summed E-state index contributed by atoms with van der Waals surface area (Å²) in [6.45, 7) is 2.68. The Morgan fingerprint density at radius 1 is 0.976 bits per heavy atom. The minimum Gasteiger partial charge on any atom is -0.352 e. The minimum absolute atomic E-state index is 0.0188. The number of aryl methyl sites for hydroxylation is 1. The number of hydrogen-bond acceptors (Lipinski definition) is 4. The van der Waals surface area contributed by atoms with E-state index in [2.05, 4.69) is 21.2 Å². The smallest absolute Gasteiger partial charge is 0.264 e. The molecule has 1 fully saturated rings. The number of carbonyl (C=O) groups excluding carboxylic acids is 2. The molecule has 1 aliphatic carbocycles. The quantitative estimate of drug-likeness (QED) is 0.295. The first-order chi connectivity index (χ1) is 19.6. The maximum Gasteiger partial charge on any atom is 0.264 e. The van der Waals surface area contributed by atoms with Crippen LogP contribution in [0.1, 0.15) is 50.2 Å². The highest BCUT2D eigenvalue weighted by atomic mass is 79.9. The van der Waals surface area contributed by atoms with E-state index in [-0.39, 0.29) is 34.6 Å². The Kier molecular flexibility index (Phi) is 10.2. The molecule has 0 bridgehead atoms. The molecule has 10 heteroatoms. The summed E-state index contributed by atoms with van der Waals surface area (Å²) < 4.78 is 44.2. The normalized spacial score (nSPS) is 14.7. The predicted octanol–water partition coefficient (Wildman–Crippen LogP) is 5.96. The molecule has 3 aromatic carbocycles. The Bertz CT molecular complexity index is 1460. The van der Waals surface area contributed by atoms with E-state index in [1.165, 1.54) is 23.1 Å². The van der Waals surface area contributed by atoms with Crippen LogP contribution in [0.4, 0.5) is 10.1 Å². The van der Waals surface area contributed by atoms with Gasteiger partial charge in [0.1, 0.15) is 18.4 Å². The summed E-state index contributed by atoms with van der Waals surface area (Å²) in [6.07, 6.45) is 4.91. The van der Waals surface area contributed by atoms with Gasteiger partial charge in [-0.25, -0.2) is 12.8 Å². The molecule has 1 N–H and O–H groups in total. The summed E-state index contributed by atoms with van der Waals surface area (Å²) in [7, 11) is -4.17. The Labute approximate surface area is 249 Å². The van der Waals surface area contributed by atoms with E-state index in [0.717, 1.165) is 46.4 Å². The minimum atomic E-state index is -4.17. The number of halogens is 2. The highest BCUT2D eigenvalue weighted by molar-refractivity contribution is 9.10. The summed E-state index contributed by atoms with van der Waals surface area (Å²) in [6, 6.07) is 18.1. The zero-order chi connectivity index (χ0) is 29.6. The van der Waals surface area contributed by atoms with Crippen molar-refractivity contribution in [2.75, 3.05) is 10.8 Å². The zero-order valence-corrected chi connectivity index (χ0v) is 25.6. The highest BCUT2D eigenvalue weighted by Crippen LogP contribution is 2.27. The van der Waals surface area contributed by atoms with Crippen LogP contribution in [0.15, 0.2) is 82.2 Å². The Hall–Kier alpha value is -3.24. The first kappa shape index (κ1) is 30.7. The molecule has 0 spiro atoms. The van der Waals surface area contributed by atoms with Crippen LogP contribution in [-0.2, 0) is 26.2 Å². The second-order valence-electron chi connectivity index (χ2n) is 10.4. The third-order valence-electron chi connectivity index (χ3n) is 7.42. The van der Waals surface area contributed by atoms with E-state index in [4.69, 9.17) is 0 Å². The van der Waals surface area contributed by atoms with E-state index in [1.807, 2.05) is 6.92 Å². The van der Waals surface area contributed by atoms with Crippen LogP contribution in [0, 0.1) is 12.7 Å². The molecular formula is C31H35BrFN3O4S. The van der Waals surface area contributed by atoms with Crippen LogP contribution in [0.3, 0.4) is 0 Å². The van der Waals surface area contributed by atoms with Gasteiger partial charge in [0.25, 0.3) is 10.0 Å². The third kappa shape index (κ3) is 7.74. The lowest BCUT2D eigenvalue weighted by Gasteiger charge is -2.33. The third-order valence-corrected chi connectivity index (χ3v) is 9.74. The van der Waals surface area contributed by atoms with E-state index >= 15 is 0 Å². The van der Waals surface area contributed by atoms with Crippen molar-refractivity contribution in [3.63, 3.8) is 0 Å². The highest BCUT2D eigenvalue weighted by Gasteiger charge is 2.33. The van der Waals surface area contributed by atoms with Gasteiger partial charge in [-0.3, -0.25) is 13.9 Å². The molecule has 218 valence electrons. The van der Waals surface area contributed by atoms with Crippen LogP contribution in [0.25, 0.3) is 0 Å². The summed E-state index contributed by atoms with van der Waals surface area (Å²) in [5.74, 6) is -1.49. The van der Waals surface area contributed by atoms with Gasteiger partial charge < -0.3 is 10.2 Å². The van der Waals surface area contributed by atoms with Crippen molar-refractivity contribution < 1.29 is 22.4 Å². The van der Waals surface area contributed by atoms with Crippen molar-refractivity contribution in [2.24, 2.45) is 0 Å². The van der Waals surface area contributed by atoms with Gasteiger partial charge in [0.05, 0.1) is 10.6 Å². The lowest BCUT2D eigenvalue weighted by atomic mass is 9.95. The molecular weight excluding hydrogens is 609 g/mol. The van der Waals surface area contributed by atoms with Gasteiger partial charge in [-0.15, -0.1) is 0 Å². The second kappa shape index (κ2) is 13.6. The lowest BCUT2D eigenvalue weighted by molar-refractivity contribution is -0.139. The van der Waals surface area contributed by atoms with Gasteiger partial charge in [-0.1, -0.05) is 71.1 Å². The van der Waals surface area contributed by atoms with Gasteiger partial charge in [-0.2, -0.15) is 0 Å². The molecule has 0 radical (unpaired) electrons. The summed E-state index contributed by atoms with van der Waals surface area (Å²) >= 11 is 3.37. The molecule has 2 amide bonds. The Morgan fingerprint density at radius 3 is 2.24 bits per heavy atom. The predicted molar refractivity (Wildman–Crippen MR) is 161 cm³/mol. The molecule has 0 heterocycles. The standard InChI is InChI=1S/C31H35BrFN3O4S/c1-22-12-18-28(19-13-22)41(39,40)36(27-16-14-25(32)15-17-27)21-30(37)35(20-24-8-6-7-11-29(24)33)23(2)31(38)34-26-9-4-3-5-10-26/h6-8,11-19,23,26H,3-5,9-10,20-21H2,1-2H3,(H,34,38). The Balaban J connectivity index is 1.68. The molecule has 0 aliphatic heterocycles. The van der Waals surface area contributed by atoms with Crippen LogP contribution < -0.4 is 9.62 Å². The summed E-state index contributed by atoms with van der Waals surface area (Å²) in [4.78, 5) is 28.6. The lowest BCUT2D eigenvalue weighted by Crippen LogP contribution is -2.53. The van der Waals surface area contributed by atoms with Crippen LogP contribution >= 0.6 is 15.9 Å². The van der Waals surface area contributed by atoms with Crippen LogP contribution in [0.2, 0.25) is 0 Å². The molecule has 1 unspecified atom stereocenters. The van der Waals surface area contributed by atoms with Gasteiger partial charge in [-0.05, 0) is 69.2 Å². The van der Waals surface area contributed by atoms with E-state index in [9.17, 15) is 22.4 Å². The zero-order valence-electron chi connectivity index (χ0n) is 23.2. The maximum absolute atomic E-state index is 14.7. The van der Waals surface area contributed by atoms with E-state index in [0.29, 0.717) is 0 Å². The number of nitrogens with one attached hydrogen (secondary N) is 1. The number of hydrogen-bond donors (Lipinski definition) is 1. The first-order valence-electron chi connectivity index (χ1n) is 13.7. The fraction of sp³-hybridized carbons (Fsp3) is 0.355. The van der Waals surface area contributed by atoms with Crippen molar-refractivity contribution >= 4 is 43.5 Å². The van der Waals surface area contributed by atoms with Gasteiger partial charge >= 0.3 is 0 Å². The van der Waals surface area contributed by atoms with Crippen LogP contribution in [0.5, 0.6) is 0 Å². The number of sulfonamides is 1. The van der Waals surface area contributed by atoms with Crippen molar-refractivity contribution in [2.45, 2.75) is 69.5 Å². The molecule has 1 aliphatic rings. The fourth-order valence-corrected chi connectivity index (χ4v) is 6.61. The molecule has 1 atom stereocenters. The summed E-state index contributed by atoms with van der Waals surface area (Å²) in [5, 5.41) is 3.04. The second-order valence-corrected chi connectivity index (χ2v) is 13.2. The van der Waals surface area contributed by atoms with Crippen molar-refractivity contribution in [1.82, 2.24) is 10.2 Å². The topological polar surface area (TPSA) is 86.8 Å². The molecule has 3 aromatic rings. The number of benzene rings is 3. The van der Waals surface area contributed by atoms with Crippen molar-refractivity contribution in [3.8, 4) is 0 Å².